The highest BCUT2D eigenvalue weighted by atomic mass is 16.3. The molecule has 3 N–H and O–H groups in total. The number of nitrogens with one attached hydrogen (secondary N) is 1. The van der Waals surface area contributed by atoms with Gasteiger partial charge in [-0.2, -0.15) is 0 Å². The van der Waals surface area contributed by atoms with Crippen molar-refractivity contribution in [3.05, 3.63) is 28.8 Å². The van der Waals surface area contributed by atoms with E-state index in [1.807, 2.05) is 12.1 Å². The Kier molecular flexibility index (Phi) is 4.77. The van der Waals surface area contributed by atoms with Crippen molar-refractivity contribution in [3.63, 3.8) is 0 Å². The maximum Gasteiger partial charge on any atom is 0.137 e. The average molecular weight is 424 g/mol. The van der Waals surface area contributed by atoms with Crippen LogP contribution in [-0.2, 0) is 23.1 Å². The van der Waals surface area contributed by atoms with Gasteiger partial charge in [-0.3, -0.25) is 4.79 Å². The number of carbonyl (C=O) groups is 1. The van der Waals surface area contributed by atoms with Crippen molar-refractivity contribution in [1.82, 2.24) is 5.32 Å². The molecule has 6 rings (SSSR count). The van der Waals surface area contributed by atoms with Gasteiger partial charge < -0.3 is 15.5 Å². The summed E-state index contributed by atoms with van der Waals surface area (Å²) in [5.74, 6) is 2.05. The van der Waals surface area contributed by atoms with E-state index in [9.17, 15) is 15.0 Å². The summed E-state index contributed by atoms with van der Waals surface area (Å²) >= 11 is 0. The number of carbonyl (C=O) groups excluding carboxylic acids is 1. The number of aromatic hydroxyl groups is 1. The minimum Gasteiger partial charge on any atom is -0.508 e. The lowest BCUT2D eigenvalue weighted by molar-refractivity contribution is -0.160. The van der Waals surface area contributed by atoms with Crippen LogP contribution in [0.15, 0.2) is 12.1 Å². The first kappa shape index (κ1) is 20.2. The zero-order valence-corrected chi connectivity index (χ0v) is 18.7. The van der Waals surface area contributed by atoms with Crippen LogP contribution in [-0.4, -0.2) is 34.2 Å². The summed E-state index contributed by atoms with van der Waals surface area (Å²) in [7, 11) is 0. The molecule has 4 atom stereocenters. The molecule has 1 saturated heterocycles. The van der Waals surface area contributed by atoms with Gasteiger partial charge in [0, 0.05) is 23.8 Å². The van der Waals surface area contributed by atoms with E-state index in [-0.39, 0.29) is 12.0 Å². The van der Waals surface area contributed by atoms with Crippen molar-refractivity contribution < 1.29 is 15.0 Å². The van der Waals surface area contributed by atoms with Gasteiger partial charge in [0.25, 0.3) is 0 Å². The summed E-state index contributed by atoms with van der Waals surface area (Å²) in [5, 5.41) is 26.6. The Morgan fingerprint density at radius 2 is 1.87 bits per heavy atom. The summed E-state index contributed by atoms with van der Waals surface area (Å²) in [5.41, 5.74) is 2.23. The van der Waals surface area contributed by atoms with E-state index in [2.05, 4.69) is 5.32 Å². The highest BCUT2D eigenvalue weighted by Crippen LogP contribution is 2.58. The molecule has 1 aromatic rings. The van der Waals surface area contributed by atoms with Crippen molar-refractivity contribution in [1.29, 1.82) is 0 Å². The van der Waals surface area contributed by atoms with Crippen LogP contribution in [0.3, 0.4) is 0 Å². The predicted octanol–water partition coefficient (Wildman–Crippen LogP) is 4.18. The van der Waals surface area contributed by atoms with Crippen LogP contribution in [0.4, 0.5) is 0 Å². The second-order valence-corrected chi connectivity index (χ2v) is 11.5. The largest absolute Gasteiger partial charge is 0.508 e. The van der Waals surface area contributed by atoms with Crippen molar-refractivity contribution in [3.8, 4) is 5.75 Å². The lowest BCUT2D eigenvalue weighted by Crippen LogP contribution is -2.73. The van der Waals surface area contributed by atoms with Crippen molar-refractivity contribution in [2.24, 2.45) is 17.8 Å². The maximum atomic E-state index is 13.5. The van der Waals surface area contributed by atoms with E-state index in [0.29, 0.717) is 30.3 Å². The zero-order valence-electron chi connectivity index (χ0n) is 18.7. The lowest BCUT2D eigenvalue weighted by Gasteiger charge is -2.62. The SMILES string of the molecule is O=C1C[C@]23CCN[C@H](Cc4c(CC5CC5)cc(O)cc42)[C@]3(O)C[C@@H]1CC1CCCCC1. The van der Waals surface area contributed by atoms with Crippen LogP contribution in [0, 0.1) is 17.8 Å². The van der Waals surface area contributed by atoms with Gasteiger partial charge in [0.05, 0.1) is 5.60 Å². The monoisotopic (exact) mass is 423 g/mol. The van der Waals surface area contributed by atoms with E-state index < -0.39 is 11.0 Å². The molecule has 1 heterocycles. The van der Waals surface area contributed by atoms with E-state index >= 15 is 0 Å². The van der Waals surface area contributed by atoms with E-state index in [0.717, 1.165) is 43.7 Å². The molecule has 1 aromatic carbocycles. The Hall–Kier alpha value is -1.39. The fourth-order valence-electron chi connectivity index (χ4n) is 7.84. The van der Waals surface area contributed by atoms with Crippen molar-refractivity contribution in [2.45, 2.75) is 101 Å². The standard InChI is InChI=1S/C27H37NO3/c29-21-12-19(10-18-6-7-18)22-14-25-27(31)15-20(11-17-4-2-1-3-5-17)24(30)16-26(27,8-9-28-25)23(22)13-21/h12-13,17-18,20,25,28-29,31H,1-11,14-16H2/t20-,25+,26+,27+/m0/s1. The molecule has 0 spiro atoms. The Labute approximate surface area is 185 Å². The molecule has 2 bridgehead atoms. The second kappa shape index (κ2) is 7.31. The summed E-state index contributed by atoms with van der Waals surface area (Å²) in [6, 6.07) is 3.86. The summed E-state index contributed by atoms with van der Waals surface area (Å²) < 4.78 is 0. The first-order valence-corrected chi connectivity index (χ1v) is 12.8. The first-order valence-electron chi connectivity index (χ1n) is 12.8. The molecule has 168 valence electrons. The minimum atomic E-state index is -0.893. The van der Waals surface area contributed by atoms with Crippen LogP contribution >= 0.6 is 0 Å². The van der Waals surface area contributed by atoms with Crippen LogP contribution in [0.2, 0.25) is 0 Å². The molecule has 4 fully saturated rings. The van der Waals surface area contributed by atoms with Crippen LogP contribution in [0.5, 0.6) is 5.75 Å². The summed E-state index contributed by atoms with van der Waals surface area (Å²) in [6.45, 7) is 0.834. The predicted molar refractivity (Wildman–Crippen MR) is 120 cm³/mol. The molecule has 4 nitrogen and oxygen atoms in total. The number of phenolic OH excluding ortho intramolecular Hbond substituents is 1. The van der Waals surface area contributed by atoms with Crippen LogP contribution in [0.25, 0.3) is 0 Å². The van der Waals surface area contributed by atoms with Gasteiger partial charge in [0.15, 0.2) is 0 Å². The fourth-order valence-corrected chi connectivity index (χ4v) is 7.84. The number of piperidine rings is 1. The number of rotatable bonds is 4. The molecule has 1 aliphatic heterocycles. The molecule has 0 unspecified atom stereocenters. The average Bonchev–Trinajstić information content (AvgIpc) is 3.55. The van der Waals surface area contributed by atoms with Gasteiger partial charge in [-0.25, -0.2) is 0 Å². The lowest BCUT2D eigenvalue weighted by atomic mass is 9.47. The number of hydrogen-bond donors (Lipinski definition) is 3. The van der Waals surface area contributed by atoms with E-state index in [4.69, 9.17) is 0 Å². The van der Waals surface area contributed by atoms with Crippen molar-refractivity contribution >= 4 is 5.78 Å². The maximum absolute atomic E-state index is 13.5. The minimum absolute atomic E-state index is 0.00609. The fraction of sp³-hybridized carbons (Fsp3) is 0.741. The van der Waals surface area contributed by atoms with Gasteiger partial charge in [0.2, 0.25) is 0 Å². The molecule has 0 aromatic heterocycles. The number of benzene rings is 1. The van der Waals surface area contributed by atoms with Gasteiger partial charge in [-0.15, -0.1) is 0 Å². The quantitative estimate of drug-likeness (QED) is 0.679. The Balaban J connectivity index is 1.38. The number of Topliss-reactive ketones (excluding diaryl/α,β-unsaturated/α-hetero) is 1. The van der Waals surface area contributed by atoms with Crippen LogP contribution in [0.1, 0.15) is 87.3 Å². The Bertz CT molecular complexity index is 887. The molecule has 0 amide bonds. The normalized spacial score (nSPS) is 37.9. The molecule has 3 saturated carbocycles. The highest BCUT2D eigenvalue weighted by molar-refractivity contribution is 5.85. The Morgan fingerprint density at radius 1 is 1.06 bits per heavy atom. The zero-order chi connectivity index (χ0) is 21.2. The molecule has 4 heteroatoms. The molecular formula is C27H37NO3. The molecule has 0 radical (unpaired) electrons. The summed E-state index contributed by atoms with van der Waals surface area (Å²) in [4.78, 5) is 13.5. The number of fused-ring (bicyclic) bond motifs is 1. The molecular weight excluding hydrogens is 386 g/mol. The van der Waals surface area contributed by atoms with Crippen LogP contribution < -0.4 is 5.32 Å². The van der Waals surface area contributed by atoms with E-state index in [1.54, 1.807) is 0 Å². The first-order chi connectivity index (χ1) is 15.0. The van der Waals surface area contributed by atoms with Gasteiger partial charge in [-0.05, 0) is 92.1 Å². The van der Waals surface area contributed by atoms with Gasteiger partial charge in [-0.1, -0.05) is 32.1 Å². The second-order valence-electron chi connectivity index (χ2n) is 11.5. The highest BCUT2D eigenvalue weighted by Gasteiger charge is 2.65. The molecule has 31 heavy (non-hydrogen) atoms. The van der Waals surface area contributed by atoms with E-state index in [1.165, 1.54) is 56.1 Å². The third kappa shape index (κ3) is 3.20. The van der Waals surface area contributed by atoms with Gasteiger partial charge >= 0.3 is 0 Å². The molecule has 4 aliphatic carbocycles. The number of hydrogen-bond acceptors (Lipinski definition) is 4. The van der Waals surface area contributed by atoms with Crippen molar-refractivity contribution in [2.75, 3.05) is 6.54 Å². The number of aliphatic hydroxyl groups is 1. The topological polar surface area (TPSA) is 69.6 Å². The summed E-state index contributed by atoms with van der Waals surface area (Å²) in [6.07, 6.45) is 13.6. The number of phenols is 1. The third-order valence-electron chi connectivity index (χ3n) is 9.64. The third-order valence-corrected chi connectivity index (χ3v) is 9.64. The van der Waals surface area contributed by atoms with Gasteiger partial charge in [0.1, 0.15) is 11.5 Å². The smallest absolute Gasteiger partial charge is 0.137 e. The Morgan fingerprint density at radius 3 is 2.65 bits per heavy atom. The molecule has 5 aliphatic rings. The number of ketones is 1.